The Bertz CT molecular complexity index is 1210. The number of fused-ring (bicyclic) bond motifs is 1. The molecule has 38 heavy (non-hydrogen) atoms. The summed E-state index contributed by atoms with van der Waals surface area (Å²) in [6.45, 7) is 3.04. The SMILES string of the molecule is CN(Cc1ccc(COc2cccc3c2CN(C2CCC(=O)N(OC=O)C2=O)C3=O)cc1)C1CCOCC1. The molecule has 1 atom stereocenters. The average molecular weight is 522 g/mol. The van der Waals surface area contributed by atoms with Crippen molar-refractivity contribution in [1.82, 2.24) is 14.9 Å². The van der Waals surface area contributed by atoms with Gasteiger partial charge in [0.25, 0.3) is 17.7 Å². The van der Waals surface area contributed by atoms with Crippen LogP contribution in [0.15, 0.2) is 42.5 Å². The maximum absolute atomic E-state index is 13.1. The molecule has 0 spiro atoms. The van der Waals surface area contributed by atoms with Crippen molar-refractivity contribution in [3.8, 4) is 5.75 Å². The van der Waals surface area contributed by atoms with Crippen molar-refractivity contribution in [1.29, 1.82) is 0 Å². The number of hydrogen-bond donors (Lipinski definition) is 0. The lowest BCUT2D eigenvalue weighted by atomic mass is 10.0. The number of benzene rings is 2. The standard InChI is InChI=1S/C28H31N3O7/c1-29(21-11-13-36-14-12-21)15-19-5-7-20(8-6-19)17-37-25-4-2-3-22-23(25)16-30(27(22)34)24-9-10-26(33)31(28(24)35)38-18-32/h2-8,18,21,24H,9-17H2,1H3. The monoisotopic (exact) mass is 521 g/mol. The van der Waals surface area contributed by atoms with Gasteiger partial charge in [-0.1, -0.05) is 30.3 Å². The van der Waals surface area contributed by atoms with E-state index in [1.807, 2.05) is 12.1 Å². The average Bonchev–Trinajstić information content (AvgIpc) is 3.27. The zero-order valence-electron chi connectivity index (χ0n) is 21.3. The topological polar surface area (TPSA) is 106 Å². The number of amides is 3. The summed E-state index contributed by atoms with van der Waals surface area (Å²) in [7, 11) is 2.15. The zero-order valence-corrected chi connectivity index (χ0v) is 21.3. The highest BCUT2D eigenvalue weighted by molar-refractivity contribution is 6.05. The number of imide groups is 1. The quantitative estimate of drug-likeness (QED) is 0.366. The van der Waals surface area contributed by atoms with Crippen LogP contribution in [-0.2, 0) is 43.7 Å². The molecule has 0 N–H and O–H groups in total. The van der Waals surface area contributed by atoms with Crippen molar-refractivity contribution in [3.63, 3.8) is 0 Å². The summed E-state index contributed by atoms with van der Waals surface area (Å²) in [6.07, 6.45) is 2.28. The van der Waals surface area contributed by atoms with Crippen LogP contribution < -0.4 is 4.74 Å². The van der Waals surface area contributed by atoms with Crippen LogP contribution in [0, 0.1) is 0 Å². The Balaban J connectivity index is 1.22. The molecule has 2 saturated heterocycles. The molecular weight excluding hydrogens is 490 g/mol. The second kappa shape index (κ2) is 11.3. The first-order chi connectivity index (χ1) is 18.5. The van der Waals surface area contributed by atoms with E-state index in [0.717, 1.165) is 38.2 Å². The third kappa shape index (κ3) is 5.27. The van der Waals surface area contributed by atoms with Gasteiger partial charge in [0.1, 0.15) is 18.4 Å². The lowest BCUT2D eigenvalue weighted by molar-refractivity contribution is -0.200. The van der Waals surface area contributed by atoms with Crippen LogP contribution in [0.5, 0.6) is 5.75 Å². The first-order valence-electron chi connectivity index (χ1n) is 12.8. The molecule has 2 fully saturated rings. The normalized spacial score (nSPS) is 20.2. The fourth-order valence-electron chi connectivity index (χ4n) is 5.34. The van der Waals surface area contributed by atoms with E-state index in [1.165, 1.54) is 10.5 Å². The van der Waals surface area contributed by atoms with E-state index in [2.05, 4.69) is 28.9 Å². The number of carbonyl (C=O) groups is 4. The molecule has 1 unspecified atom stereocenters. The van der Waals surface area contributed by atoms with E-state index in [4.69, 9.17) is 9.47 Å². The van der Waals surface area contributed by atoms with Crippen LogP contribution in [0.25, 0.3) is 0 Å². The molecule has 0 radical (unpaired) electrons. The molecule has 0 aromatic heterocycles. The van der Waals surface area contributed by atoms with Crippen molar-refractivity contribution in [3.05, 3.63) is 64.7 Å². The highest BCUT2D eigenvalue weighted by Gasteiger charge is 2.44. The Hall–Kier alpha value is -3.76. The van der Waals surface area contributed by atoms with Gasteiger partial charge >= 0.3 is 6.47 Å². The first kappa shape index (κ1) is 25.9. The number of hydrogen-bond acceptors (Lipinski definition) is 8. The molecule has 200 valence electrons. The molecule has 0 saturated carbocycles. The van der Waals surface area contributed by atoms with Gasteiger partial charge in [-0.2, -0.15) is 0 Å². The highest BCUT2D eigenvalue weighted by atomic mass is 16.7. The van der Waals surface area contributed by atoms with E-state index in [0.29, 0.717) is 34.6 Å². The van der Waals surface area contributed by atoms with Crippen molar-refractivity contribution in [2.24, 2.45) is 0 Å². The zero-order chi connectivity index (χ0) is 26.6. The molecule has 2 aromatic carbocycles. The van der Waals surface area contributed by atoms with Crippen molar-refractivity contribution in [2.45, 2.75) is 57.5 Å². The number of ether oxygens (including phenoxy) is 2. The second-order valence-corrected chi connectivity index (χ2v) is 9.86. The lowest BCUT2D eigenvalue weighted by Crippen LogP contribution is -2.54. The van der Waals surface area contributed by atoms with Gasteiger partial charge in [-0.15, -0.1) is 5.06 Å². The number of nitrogens with zero attached hydrogens (tertiary/aromatic N) is 3. The minimum absolute atomic E-state index is 0.00537. The summed E-state index contributed by atoms with van der Waals surface area (Å²) >= 11 is 0. The Morgan fingerprint density at radius 1 is 1.03 bits per heavy atom. The van der Waals surface area contributed by atoms with Crippen LogP contribution in [0.2, 0.25) is 0 Å². The minimum atomic E-state index is -0.896. The maximum Gasteiger partial charge on any atom is 0.321 e. The van der Waals surface area contributed by atoms with Gasteiger partial charge in [-0.25, -0.2) is 0 Å². The Kier molecular flexibility index (Phi) is 7.71. The molecule has 3 heterocycles. The molecule has 5 rings (SSSR count). The highest BCUT2D eigenvalue weighted by Crippen LogP contribution is 2.34. The number of piperidine rings is 1. The summed E-state index contributed by atoms with van der Waals surface area (Å²) in [5, 5.41) is 0.444. The molecule has 2 aromatic rings. The van der Waals surface area contributed by atoms with Gasteiger partial charge in [0.05, 0.1) is 6.54 Å². The summed E-state index contributed by atoms with van der Waals surface area (Å²) < 4.78 is 11.6. The number of hydroxylamine groups is 2. The smallest absolute Gasteiger partial charge is 0.321 e. The predicted octanol–water partition coefficient (Wildman–Crippen LogP) is 2.44. The summed E-state index contributed by atoms with van der Waals surface area (Å²) in [4.78, 5) is 57.0. The van der Waals surface area contributed by atoms with E-state index >= 15 is 0 Å². The van der Waals surface area contributed by atoms with E-state index in [-0.39, 0.29) is 31.8 Å². The van der Waals surface area contributed by atoms with Crippen LogP contribution >= 0.6 is 0 Å². The summed E-state index contributed by atoms with van der Waals surface area (Å²) in [5.41, 5.74) is 3.39. The third-order valence-electron chi connectivity index (χ3n) is 7.48. The van der Waals surface area contributed by atoms with Crippen molar-refractivity contribution in [2.75, 3.05) is 20.3 Å². The van der Waals surface area contributed by atoms with Gasteiger partial charge in [-0.3, -0.25) is 24.1 Å². The number of rotatable bonds is 9. The molecule has 3 amide bonds. The molecule has 0 bridgehead atoms. The van der Waals surface area contributed by atoms with Gasteiger partial charge < -0.3 is 19.2 Å². The van der Waals surface area contributed by atoms with E-state index in [1.54, 1.807) is 18.2 Å². The van der Waals surface area contributed by atoms with Crippen LogP contribution in [0.4, 0.5) is 0 Å². The Morgan fingerprint density at radius 2 is 1.76 bits per heavy atom. The van der Waals surface area contributed by atoms with Gasteiger partial charge in [0.15, 0.2) is 0 Å². The second-order valence-electron chi connectivity index (χ2n) is 9.86. The Labute approximate surface area is 221 Å². The van der Waals surface area contributed by atoms with Crippen LogP contribution in [0.1, 0.15) is 52.7 Å². The summed E-state index contributed by atoms with van der Waals surface area (Å²) in [6, 6.07) is 13.2. The maximum atomic E-state index is 13.1. The van der Waals surface area contributed by atoms with E-state index < -0.39 is 17.9 Å². The van der Waals surface area contributed by atoms with Crippen LogP contribution in [-0.4, -0.2) is 71.4 Å². The lowest BCUT2D eigenvalue weighted by Gasteiger charge is -2.33. The largest absolute Gasteiger partial charge is 0.489 e. The van der Waals surface area contributed by atoms with Gasteiger partial charge in [0, 0.05) is 43.3 Å². The van der Waals surface area contributed by atoms with Crippen molar-refractivity contribution < 1.29 is 33.5 Å². The van der Waals surface area contributed by atoms with Gasteiger partial charge in [-0.05, 0) is 49.6 Å². The third-order valence-corrected chi connectivity index (χ3v) is 7.48. The molecular formula is C28H31N3O7. The fourth-order valence-corrected chi connectivity index (χ4v) is 5.34. The molecule has 10 nitrogen and oxygen atoms in total. The van der Waals surface area contributed by atoms with Crippen molar-refractivity contribution >= 4 is 24.2 Å². The van der Waals surface area contributed by atoms with E-state index in [9.17, 15) is 19.2 Å². The minimum Gasteiger partial charge on any atom is -0.489 e. The van der Waals surface area contributed by atoms with Gasteiger partial charge in [0.2, 0.25) is 0 Å². The predicted molar refractivity (Wildman–Crippen MR) is 134 cm³/mol. The number of carbonyl (C=O) groups excluding carboxylic acids is 4. The summed E-state index contributed by atoms with van der Waals surface area (Å²) in [5.74, 6) is -1.07. The molecule has 10 heteroatoms. The fraction of sp³-hybridized carbons (Fsp3) is 0.429. The Morgan fingerprint density at radius 3 is 2.50 bits per heavy atom. The molecule has 3 aliphatic heterocycles. The molecule has 0 aliphatic carbocycles. The van der Waals surface area contributed by atoms with Crippen LogP contribution in [0.3, 0.4) is 0 Å². The molecule has 3 aliphatic rings. The first-order valence-corrected chi connectivity index (χ1v) is 12.8.